The van der Waals surface area contributed by atoms with E-state index in [1.54, 1.807) is 25.4 Å². The lowest BCUT2D eigenvalue weighted by molar-refractivity contribution is -0.140. The van der Waals surface area contributed by atoms with Crippen LogP contribution in [0.1, 0.15) is 20.3 Å². The highest BCUT2D eigenvalue weighted by Gasteiger charge is 2.35. The van der Waals surface area contributed by atoms with Gasteiger partial charge in [-0.05, 0) is 19.4 Å². The van der Waals surface area contributed by atoms with E-state index in [0.717, 1.165) is 5.39 Å². The molecule has 0 bridgehead atoms. The monoisotopic (exact) mass is 393 g/mol. The summed E-state index contributed by atoms with van der Waals surface area (Å²) in [6, 6.07) is 1.54. The molecule has 8 nitrogen and oxygen atoms in total. The molecule has 148 valence electrons. The van der Waals surface area contributed by atoms with Gasteiger partial charge < -0.3 is 15.6 Å². The smallest absolute Gasteiger partial charge is 0.356 e. The van der Waals surface area contributed by atoms with Crippen LogP contribution in [-0.2, 0) is 4.79 Å². The first-order valence-corrected chi connectivity index (χ1v) is 8.45. The van der Waals surface area contributed by atoms with Gasteiger partial charge in [-0.3, -0.25) is 4.79 Å². The third-order valence-electron chi connectivity index (χ3n) is 4.31. The van der Waals surface area contributed by atoms with Gasteiger partial charge in [-0.15, -0.1) is 0 Å². The van der Waals surface area contributed by atoms with Crippen molar-refractivity contribution in [2.75, 3.05) is 11.9 Å². The lowest BCUT2D eigenvalue weighted by Gasteiger charge is -2.29. The second-order valence-electron chi connectivity index (χ2n) is 6.36. The van der Waals surface area contributed by atoms with Crippen LogP contribution in [0.25, 0.3) is 22.4 Å². The van der Waals surface area contributed by atoms with Crippen LogP contribution in [-0.4, -0.2) is 49.1 Å². The number of carbonyl (C=O) groups is 1. The van der Waals surface area contributed by atoms with Crippen molar-refractivity contribution in [3.8, 4) is 11.4 Å². The number of nitrogens with one attached hydrogen (secondary N) is 3. The summed E-state index contributed by atoms with van der Waals surface area (Å²) in [5.74, 6) is -0.101. The fourth-order valence-electron chi connectivity index (χ4n) is 2.57. The van der Waals surface area contributed by atoms with Crippen LogP contribution < -0.4 is 10.6 Å². The molecule has 3 rings (SSSR count). The number of nitrogens with zero attached hydrogens (tertiary/aromatic N) is 4. The first kappa shape index (κ1) is 19.5. The van der Waals surface area contributed by atoms with Crippen LogP contribution in [0.3, 0.4) is 0 Å². The van der Waals surface area contributed by atoms with Gasteiger partial charge in [0.2, 0.25) is 5.91 Å². The van der Waals surface area contributed by atoms with E-state index >= 15 is 0 Å². The van der Waals surface area contributed by atoms with Gasteiger partial charge in [-0.25, -0.2) is 19.9 Å². The van der Waals surface area contributed by atoms with Gasteiger partial charge in [-0.1, -0.05) is 6.92 Å². The maximum absolute atomic E-state index is 12.4. The molecule has 0 fully saturated rings. The molecular formula is C17H18F3N7O. The minimum Gasteiger partial charge on any atom is -0.356 e. The molecule has 1 amide bonds. The Morgan fingerprint density at radius 3 is 2.79 bits per heavy atom. The Labute approximate surface area is 158 Å². The molecule has 0 radical (unpaired) electrons. The van der Waals surface area contributed by atoms with Gasteiger partial charge in [0.15, 0.2) is 5.82 Å². The van der Waals surface area contributed by atoms with Crippen LogP contribution in [0.2, 0.25) is 0 Å². The molecule has 3 heterocycles. The number of aromatic nitrogens is 5. The van der Waals surface area contributed by atoms with Crippen molar-refractivity contribution >= 4 is 22.8 Å². The number of alkyl halides is 3. The summed E-state index contributed by atoms with van der Waals surface area (Å²) in [6.07, 6.45) is 1.98. The molecule has 0 saturated heterocycles. The van der Waals surface area contributed by atoms with E-state index in [1.807, 2.05) is 5.32 Å². The zero-order chi connectivity index (χ0) is 20.4. The molecule has 0 aliphatic carbocycles. The van der Waals surface area contributed by atoms with Crippen LogP contribution in [0.15, 0.2) is 31.0 Å². The molecule has 3 aromatic rings. The number of aromatic amines is 1. The van der Waals surface area contributed by atoms with Gasteiger partial charge in [0.05, 0.1) is 0 Å². The SMILES string of the molecule is CC[C@](C)(Nc1ccnc(-c2c[nH]c3ncncc23)n1)C(=O)NCC(F)(F)F. The van der Waals surface area contributed by atoms with Crippen molar-refractivity contribution in [2.45, 2.75) is 32.0 Å². The highest BCUT2D eigenvalue weighted by atomic mass is 19.4. The lowest BCUT2D eigenvalue weighted by atomic mass is 9.97. The summed E-state index contributed by atoms with van der Waals surface area (Å²) in [6.45, 7) is 1.81. The third kappa shape index (κ3) is 4.18. The second kappa shape index (κ2) is 7.41. The molecule has 0 unspecified atom stereocenters. The number of hydrogen-bond donors (Lipinski definition) is 3. The van der Waals surface area contributed by atoms with Gasteiger partial charge in [0.25, 0.3) is 0 Å². The highest BCUT2D eigenvalue weighted by Crippen LogP contribution is 2.26. The second-order valence-corrected chi connectivity index (χ2v) is 6.36. The quantitative estimate of drug-likeness (QED) is 0.594. The highest BCUT2D eigenvalue weighted by molar-refractivity contribution is 5.91. The number of amides is 1. The van der Waals surface area contributed by atoms with Crippen molar-refractivity contribution in [3.63, 3.8) is 0 Å². The van der Waals surface area contributed by atoms with Crippen molar-refractivity contribution in [2.24, 2.45) is 0 Å². The van der Waals surface area contributed by atoms with E-state index in [-0.39, 0.29) is 6.42 Å². The van der Waals surface area contributed by atoms with Crippen LogP contribution in [0, 0.1) is 0 Å². The van der Waals surface area contributed by atoms with E-state index in [9.17, 15) is 18.0 Å². The first-order chi connectivity index (χ1) is 13.2. The minimum atomic E-state index is -4.48. The Balaban J connectivity index is 1.84. The van der Waals surface area contributed by atoms with Crippen molar-refractivity contribution < 1.29 is 18.0 Å². The molecular weight excluding hydrogens is 375 g/mol. The number of rotatable bonds is 6. The zero-order valence-electron chi connectivity index (χ0n) is 15.1. The van der Waals surface area contributed by atoms with E-state index < -0.39 is 24.2 Å². The fourth-order valence-corrected chi connectivity index (χ4v) is 2.57. The maximum atomic E-state index is 12.4. The zero-order valence-corrected chi connectivity index (χ0v) is 15.1. The van der Waals surface area contributed by atoms with Crippen LogP contribution >= 0.6 is 0 Å². The number of H-pyrrole nitrogens is 1. The Morgan fingerprint density at radius 2 is 2.07 bits per heavy atom. The molecule has 0 aliphatic rings. The largest absolute Gasteiger partial charge is 0.405 e. The van der Waals surface area contributed by atoms with Crippen molar-refractivity contribution in [1.29, 1.82) is 0 Å². The standard InChI is InChI=1S/C17H18F3N7O/c1-3-16(2,15(28)24-8-17(18,19)20)27-12-4-5-22-14(26-12)11-7-23-13-10(11)6-21-9-25-13/h4-7,9H,3,8H2,1-2H3,(H,24,28)(H,21,23,25)(H,22,26,27)/t16-/m0/s1. The van der Waals surface area contributed by atoms with Crippen LogP contribution in [0.5, 0.6) is 0 Å². The molecule has 0 saturated carbocycles. The van der Waals surface area contributed by atoms with Crippen molar-refractivity contribution in [3.05, 3.63) is 31.0 Å². The van der Waals surface area contributed by atoms with Gasteiger partial charge in [0, 0.05) is 29.5 Å². The normalized spacial score (nSPS) is 13.9. The number of anilines is 1. The third-order valence-corrected chi connectivity index (χ3v) is 4.31. The van der Waals surface area contributed by atoms with Gasteiger partial charge >= 0.3 is 6.18 Å². The predicted octanol–water partition coefficient (Wildman–Crippen LogP) is 2.67. The Morgan fingerprint density at radius 1 is 1.29 bits per heavy atom. The van der Waals surface area contributed by atoms with Gasteiger partial charge in [0.1, 0.15) is 29.9 Å². The summed E-state index contributed by atoms with van der Waals surface area (Å²) >= 11 is 0. The van der Waals surface area contributed by atoms with Gasteiger partial charge in [-0.2, -0.15) is 13.2 Å². The van der Waals surface area contributed by atoms with E-state index in [2.05, 4.69) is 30.2 Å². The molecule has 0 spiro atoms. The summed E-state index contributed by atoms with van der Waals surface area (Å²) in [5.41, 5.74) is 0.0103. The van der Waals surface area contributed by atoms with Crippen molar-refractivity contribution in [1.82, 2.24) is 30.2 Å². The average Bonchev–Trinajstić information content (AvgIpc) is 3.09. The van der Waals surface area contributed by atoms with E-state index in [0.29, 0.717) is 22.9 Å². The number of carbonyl (C=O) groups excluding carboxylic acids is 1. The fraction of sp³-hybridized carbons (Fsp3) is 0.353. The molecule has 3 N–H and O–H groups in total. The minimum absolute atomic E-state index is 0.247. The summed E-state index contributed by atoms with van der Waals surface area (Å²) in [5, 5.41) is 5.55. The molecule has 28 heavy (non-hydrogen) atoms. The Bertz CT molecular complexity index is 988. The first-order valence-electron chi connectivity index (χ1n) is 8.45. The number of halogens is 3. The topological polar surface area (TPSA) is 108 Å². The maximum Gasteiger partial charge on any atom is 0.405 e. The van der Waals surface area contributed by atoms with E-state index in [4.69, 9.17) is 0 Å². The van der Waals surface area contributed by atoms with Crippen LogP contribution in [0.4, 0.5) is 19.0 Å². The summed E-state index contributed by atoms with van der Waals surface area (Å²) in [4.78, 5) is 32.0. The molecule has 11 heteroatoms. The lowest BCUT2D eigenvalue weighted by Crippen LogP contribution is -2.52. The molecule has 3 aromatic heterocycles. The molecule has 1 atom stereocenters. The Kier molecular flexibility index (Phi) is 5.16. The summed E-state index contributed by atoms with van der Waals surface area (Å²) in [7, 11) is 0. The Hall–Kier alpha value is -3.24. The summed E-state index contributed by atoms with van der Waals surface area (Å²) < 4.78 is 37.2. The average molecular weight is 393 g/mol. The molecule has 0 aliphatic heterocycles. The predicted molar refractivity (Wildman–Crippen MR) is 96.3 cm³/mol. The van der Waals surface area contributed by atoms with E-state index in [1.165, 1.54) is 19.4 Å². The number of hydrogen-bond acceptors (Lipinski definition) is 6. The number of fused-ring (bicyclic) bond motifs is 1. The molecule has 0 aromatic carbocycles.